The molecule has 0 aliphatic carbocycles. The van der Waals surface area contributed by atoms with Crippen LogP contribution < -0.4 is 20.5 Å². The topological polar surface area (TPSA) is 81.3 Å². The zero-order valence-electron chi connectivity index (χ0n) is 16.7. The van der Waals surface area contributed by atoms with Crippen LogP contribution in [-0.2, 0) is 11.3 Å². The van der Waals surface area contributed by atoms with Gasteiger partial charge >= 0.3 is 0 Å². The maximum absolute atomic E-state index is 6.00. The second kappa shape index (κ2) is 12.5. The van der Waals surface area contributed by atoms with Gasteiger partial charge in [0.05, 0.1) is 26.9 Å². The van der Waals surface area contributed by atoms with Crippen molar-refractivity contribution in [2.45, 2.75) is 6.54 Å². The van der Waals surface area contributed by atoms with Crippen LogP contribution in [0.25, 0.3) is 0 Å². The second-order valence-corrected chi connectivity index (χ2v) is 6.51. The van der Waals surface area contributed by atoms with Crippen molar-refractivity contribution >= 4 is 35.6 Å². The van der Waals surface area contributed by atoms with Gasteiger partial charge < -0.3 is 25.3 Å². The number of rotatable bonds is 8. The van der Waals surface area contributed by atoms with Crippen LogP contribution in [0.1, 0.15) is 5.56 Å². The Kier molecular flexibility index (Phi) is 10.0. The summed E-state index contributed by atoms with van der Waals surface area (Å²) < 4.78 is 16.5. The van der Waals surface area contributed by atoms with E-state index < -0.39 is 0 Å². The lowest BCUT2D eigenvalue weighted by Gasteiger charge is -2.26. The Hall–Kier alpha value is -2.04. The van der Waals surface area contributed by atoms with E-state index >= 15 is 0 Å². The van der Waals surface area contributed by atoms with Crippen molar-refractivity contribution in [3.05, 3.63) is 54.1 Å². The first kappa shape index (κ1) is 23.2. The average molecular weight is 512 g/mol. The number of morpholine rings is 1. The van der Waals surface area contributed by atoms with Gasteiger partial charge in [-0.1, -0.05) is 18.2 Å². The monoisotopic (exact) mass is 512 g/mol. The molecule has 0 saturated carbocycles. The second-order valence-electron chi connectivity index (χ2n) is 6.51. The summed E-state index contributed by atoms with van der Waals surface area (Å²) in [4.78, 5) is 6.75. The molecule has 3 rings (SSSR count). The zero-order valence-corrected chi connectivity index (χ0v) is 19.0. The van der Waals surface area contributed by atoms with E-state index in [4.69, 9.17) is 19.9 Å². The van der Waals surface area contributed by atoms with Crippen LogP contribution in [0.5, 0.6) is 11.5 Å². The highest BCUT2D eigenvalue weighted by atomic mass is 127. The predicted octanol–water partition coefficient (Wildman–Crippen LogP) is 2.95. The van der Waals surface area contributed by atoms with Crippen LogP contribution in [0.4, 0.5) is 5.69 Å². The van der Waals surface area contributed by atoms with Crippen LogP contribution in [-0.4, -0.2) is 57.4 Å². The lowest BCUT2D eigenvalue weighted by molar-refractivity contribution is 0.0322. The summed E-state index contributed by atoms with van der Waals surface area (Å²) in [5.74, 6) is 1.96. The Bertz CT molecular complexity index is 782. The van der Waals surface area contributed by atoms with Gasteiger partial charge in [0.1, 0.15) is 18.1 Å². The molecule has 8 heteroatoms. The third kappa shape index (κ3) is 8.08. The number of nitrogens with zero attached hydrogens (tertiary/aromatic N) is 2. The number of ether oxygens (including phenoxy) is 3. The fraction of sp³-hybridized carbons (Fsp3) is 0.381. The van der Waals surface area contributed by atoms with E-state index in [0.717, 1.165) is 55.6 Å². The molecule has 158 valence electrons. The summed E-state index contributed by atoms with van der Waals surface area (Å²) in [5.41, 5.74) is 7.87. The molecule has 0 radical (unpaired) electrons. The van der Waals surface area contributed by atoms with E-state index in [9.17, 15) is 0 Å². The van der Waals surface area contributed by atoms with E-state index in [-0.39, 0.29) is 24.0 Å². The molecule has 0 bridgehead atoms. The first-order valence-corrected chi connectivity index (χ1v) is 9.46. The maximum Gasteiger partial charge on any atom is 0.193 e. The fourth-order valence-electron chi connectivity index (χ4n) is 2.92. The van der Waals surface area contributed by atoms with E-state index in [2.05, 4.69) is 15.2 Å². The summed E-state index contributed by atoms with van der Waals surface area (Å²) in [5, 5.41) is 3.07. The highest BCUT2D eigenvalue weighted by molar-refractivity contribution is 14.0. The molecule has 0 atom stereocenters. The number of hydrogen-bond donors (Lipinski definition) is 2. The maximum atomic E-state index is 6.00. The largest absolute Gasteiger partial charge is 0.497 e. The Morgan fingerprint density at radius 1 is 1.14 bits per heavy atom. The van der Waals surface area contributed by atoms with Crippen molar-refractivity contribution in [3.63, 3.8) is 0 Å². The quantitative estimate of drug-likeness (QED) is 0.322. The molecular weight excluding hydrogens is 483 g/mol. The number of anilines is 1. The number of methoxy groups -OCH3 is 1. The number of hydrogen-bond acceptors (Lipinski definition) is 5. The van der Waals surface area contributed by atoms with Gasteiger partial charge in [-0.3, -0.25) is 4.90 Å². The van der Waals surface area contributed by atoms with Gasteiger partial charge in [0, 0.05) is 31.4 Å². The van der Waals surface area contributed by atoms with Crippen LogP contribution in [0.2, 0.25) is 0 Å². The minimum absolute atomic E-state index is 0. The summed E-state index contributed by atoms with van der Waals surface area (Å²) in [7, 11) is 1.63. The van der Waals surface area contributed by atoms with E-state index in [0.29, 0.717) is 19.1 Å². The normalized spacial score (nSPS) is 14.7. The van der Waals surface area contributed by atoms with Gasteiger partial charge in [0.15, 0.2) is 5.96 Å². The number of nitrogens with two attached hydrogens (primary N) is 1. The Morgan fingerprint density at radius 2 is 1.90 bits per heavy atom. The fourth-order valence-corrected chi connectivity index (χ4v) is 2.92. The van der Waals surface area contributed by atoms with Crippen molar-refractivity contribution in [3.8, 4) is 11.5 Å². The molecule has 2 aromatic carbocycles. The number of halogens is 1. The highest BCUT2D eigenvalue weighted by Crippen LogP contribution is 2.17. The smallest absolute Gasteiger partial charge is 0.193 e. The summed E-state index contributed by atoms with van der Waals surface area (Å²) in [6.45, 7) is 5.59. The molecule has 1 aliphatic heterocycles. The predicted molar refractivity (Wildman–Crippen MR) is 127 cm³/mol. The molecule has 0 aromatic heterocycles. The Morgan fingerprint density at radius 3 is 2.69 bits per heavy atom. The number of aliphatic imine (C=N–C) groups is 1. The molecule has 29 heavy (non-hydrogen) atoms. The molecule has 2 aromatic rings. The van der Waals surface area contributed by atoms with Crippen molar-refractivity contribution in [1.82, 2.24) is 4.90 Å². The molecule has 1 heterocycles. The first-order chi connectivity index (χ1) is 13.7. The lowest BCUT2D eigenvalue weighted by Crippen LogP contribution is -2.38. The number of guanidine groups is 1. The van der Waals surface area contributed by atoms with Crippen molar-refractivity contribution in [1.29, 1.82) is 0 Å². The molecule has 7 nitrogen and oxygen atoms in total. The Labute approximate surface area is 189 Å². The lowest BCUT2D eigenvalue weighted by atomic mass is 10.2. The summed E-state index contributed by atoms with van der Waals surface area (Å²) in [6, 6.07) is 15.5. The molecule has 1 fully saturated rings. The van der Waals surface area contributed by atoms with E-state index in [1.165, 1.54) is 0 Å². The van der Waals surface area contributed by atoms with Crippen molar-refractivity contribution in [2.75, 3.05) is 51.9 Å². The third-order valence-corrected chi connectivity index (χ3v) is 4.45. The SMILES string of the molecule is COc1cccc(NC(N)=NCc2cccc(OCCN3CCOCC3)c2)c1.I. The Balaban J connectivity index is 0.00000300. The summed E-state index contributed by atoms with van der Waals surface area (Å²) in [6.07, 6.45) is 0. The molecule has 1 saturated heterocycles. The third-order valence-electron chi connectivity index (χ3n) is 4.45. The van der Waals surface area contributed by atoms with Crippen LogP contribution in [0.3, 0.4) is 0 Å². The average Bonchev–Trinajstić information content (AvgIpc) is 2.73. The van der Waals surface area contributed by atoms with Gasteiger partial charge in [-0.05, 0) is 29.8 Å². The molecule has 0 unspecified atom stereocenters. The molecule has 0 amide bonds. The molecule has 1 aliphatic rings. The zero-order chi connectivity index (χ0) is 19.6. The number of nitrogens with one attached hydrogen (secondary N) is 1. The number of benzene rings is 2. The minimum atomic E-state index is 0. The van der Waals surface area contributed by atoms with Crippen LogP contribution in [0.15, 0.2) is 53.5 Å². The highest BCUT2D eigenvalue weighted by Gasteiger charge is 2.09. The van der Waals surface area contributed by atoms with E-state index in [1.54, 1.807) is 7.11 Å². The van der Waals surface area contributed by atoms with Gasteiger partial charge in [-0.25, -0.2) is 4.99 Å². The van der Waals surface area contributed by atoms with E-state index in [1.807, 2.05) is 48.5 Å². The van der Waals surface area contributed by atoms with Crippen LogP contribution in [0, 0.1) is 0 Å². The first-order valence-electron chi connectivity index (χ1n) is 9.46. The van der Waals surface area contributed by atoms with Crippen molar-refractivity contribution < 1.29 is 14.2 Å². The van der Waals surface area contributed by atoms with Gasteiger partial charge in [0.25, 0.3) is 0 Å². The van der Waals surface area contributed by atoms with Gasteiger partial charge in [-0.15, -0.1) is 24.0 Å². The van der Waals surface area contributed by atoms with Crippen LogP contribution >= 0.6 is 24.0 Å². The van der Waals surface area contributed by atoms with Gasteiger partial charge in [-0.2, -0.15) is 0 Å². The molecular formula is C21H29IN4O3. The summed E-state index contributed by atoms with van der Waals surface area (Å²) >= 11 is 0. The molecule has 0 spiro atoms. The van der Waals surface area contributed by atoms with Crippen molar-refractivity contribution in [2.24, 2.45) is 10.7 Å². The minimum Gasteiger partial charge on any atom is -0.497 e. The molecule has 3 N–H and O–H groups in total. The standard InChI is InChI=1S/C21H28N4O3.HI/c1-26-19-6-3-5-18(15-19)24-21(22)23-16-17-4-2-7-20(14-17)28-13-10-25-8-11-27-12-9-25;/h2-7,14-15H,8-13,16H2,1H3,(H3,22,23,24);1H. The van der Waals surface area contributed by atoms with Gasteiger partial charge in [0.2, 0.25) is 0 Å².